The van der Waals surface area contributed by atoms with Crippen molar-refractivity contribution in [3.63, 3.8) is 0 Å². The molecular formula is C13H15ClN4O2S2. The van der Waals surface area contributed by atoms with Crippen molar-refractivity contribution >= 4 is 38.3 Å². The van der Waals surface area contributed by atoms with Crippen LogP contribution in [-0.2, 0) is 10.0 Å². The van der Waals surface area contributed by atoms with Crippen molar-refractivity contribution in [3.8, 4) is 0 Å². The monoisotopic (exact) mass is 358 g/mol. The highest BCUT2D eigenvalue weighted by Crippen LogP contribution is 2.39. The van der Waals surface area contributed by atoms with Gasteiger partial charge in [-0.15, -0.1) is 0 Å². The van der Waals surface area contributed by atoms with E-state index < -0.39 is 10.0 Å². The largest absolute Gasteiger partial charge is 0.359 e. The van der Waals surface area contributed by atoms with Crippen LogP contribution in [0.25, 0.3) is 0 Å². The maximum atomic E-state index is 12.1. The molecular weight excluding hydrogens is 344 g/mol. The summed E-state index contributed by atoms with van der Waals surface area (Å²) in [5.74, 6) is 1.42. The topological polar surface area (TPSA) is 84.0 Å². The van der Waals surface area contributed by atoms with Crippen molar-refractivity contribution in [1.82, 2.24) is 14.1 Å². The van der Waals surface area contributed by atoms with Crippen LogP contribution < -0.4 is 10.0 Å². The molecule has 0 radical (unpaired) electrons. The first-order valence-electron chi connectivity index (χ1n) is 6.87. The van der Waals surface area contributed by atoms with Gasteiger partial charge in [-0.1, -0.05) is 17.7 Å². The maximum Gasteiger partial charge on any atom is 0.240 e. The number of nitrogens with zero attached hydrogens (tertiary/aromatic N) is 2. The second-order valence-electron chi connectivity index (χ2n) is 5.01. The first-order chi connectivity index (χ1) is 10.5. The predicted octanol–water partition coefficient (Wildman–Crippen LogP) is 2.46. The van der Waals surface area contributed by atoms with Gasteiger partial charge in [0, 0.05) is 35.6 Å². The van der Waals surface area contributed by atoms with E-state index in [0.29, 0.717) is 17.5 Å². The minimum absolute atomic E-state index is 0.159. The summed E-state index contributed by atoms with van der Waals surface area (Å²) in [5, 5.41) is 4.19. The molecule has 2 aromatic rings. The second-order valence-corrected chi connectivity index (χ2v) is 7.97. The van der Waals surface area contributed by atoms with Gasteiger partial charge in [-0.3, -0.25) is 0 Å². The summed E-state index contributed by atoms with van der Waals surface area (Å²) in [7, 11) is -3.54. The molecule has 6 nitrogen and oxygen atoms in total. The average molecular weight is 359 g/mol. The van der Waals surface area contributed by atoms with Crippen LogP contribution in [-0.4, -0.2) is 30.9 Å². The fourth-order valence-electron chi connectivity index (χ4n) is 1.89. The van der Waals surface area contributed by atoms with Crippen molar-refractivity contribution in [2.24, 2.45) is 0 Å². The number of halogens is 1. The van der Waals surface area contributed by atoms with Gasteiger partial charge in [-0.25, -0.2) is 18.1 Å². The Morgan fingerprint density at radius 1 is 1.32 bits per heavy atom. The molecule has 1 aromatic carbocycles. The highest BCUT2D eigenvalue weighted by Gasteiger charge is 2.27. The SMILES string of the molecule is O=S(=O)(NCCNc1nc(C2CC2)ns1)c1cccc(Cl)c1. The fourth-order valence-corrected chi connectivity index (χ4v) is 3.89. The Morgan fingerprint density at radius 2 is 2.14 bits per heavy atom. The molecule has 9 heteroatoms. The van der Waals surface area contributed by atoms with Crippen molar-refractivity contribution in [2.75, 3.05) is 18.4 Å². The highest BCUT2D eigenvalue weighted by molar-refractivity contribution is 7.89. The number of anilines is 1. The van der Waals surface area contributed by atoms with Gasteiger partial charge in [0.25, 0.3) is 0 Å². The zero-order chi connectivity index (χ0) is 15.6. The third kappa shape index (κ3) is 3.95. The lowest BCUT2D eigenvalue weighted by Crippen LogP contribution is -2.28. The minimum atomic E-state index is -3.54. The summed E-state index contributed by atoms with van der Waals surface area (Å²) in [4.78, 5) is 4.54. The van der Waals surface area contributed by atoms with E-state index in [1.165, 1.54) is 23.7 Å². The summed E-state index contributed by atoms with van der Waals surface area (Å²) in [6.07, 6.45) is 2.32. The fraction of sp³-hybridized carbons (Fsp3) is 0.385. The Hall–Kier alpha value is -1.22. The molecule has 0 atom stereocenters. The number of nitrogens with one attached hydrogen (secondary N) is 2. The van der Waals surface area contributed by atoms with Gasteiger partial charge < -0.3 is 5.32 Å². The molecule has 1 saturated carbocycles. The zero-order valence-corrected chi connectivity index (χ0v) is 14.0. The molecule has 3 rings (SSSR count). The number of benzene rings is 1. The molecule has 0 unspecified atom stereocenters. The molecule has 22 heavy (non-hydrogen) atoms. The van der Waals surface area contributed by atoms with Gasteiger partial charge in [0.2, 0.25) is 15.2 Å². The van der Waals surface area contributed by atoms with Crippen molar-refractivity contribution in [1.29, 1.82) is 0 Å². The summed E-state index contributed by atoms with van der Waals surface area (Å²) >= 11 is 7.11. The van der Waals surface area contributed by atoms with E-state index in [1.54, 1.807) is 12.1 Å². The van der Waals surface area contributed by atoms with Crippen LogP contribution in [0.3, 0.4) is 0 Å². The molecule has 118 valence electrons. The molecule has 1 heterocycles. The molecule has 2 N–H and O–H groups in total. The Balaban J connectivity index is 1.49. The molecule has 1 fully saturated rings. The first kappa shape index (κ1) is 15.7. The lowest BCUT2D eigenvalue weighted by molar-refractivity contribution is 0.583. The van der Waals surface area contributed by atoms with Gasteiger partial charge >= 0.3 is 0 Å². The lowest BCUT2D eigenvalue weighted by atomic mass is 10.4. The number of hydrogen-bond acceptors (Lipinski definition) is 6. The van der Waals surface area contributed by atoms with Crippen LogP contribution in [0, 0.1) is 0 Å². The van der Waals surface area contributed by atoms with Crippen molar-refractivity contribution in [3.05, 3.63) is 35.1 Å². The van der Waals surface area contributed by atoms with E-state index in [0.717, 1.165) is 23.8 Å². The minimum Gasteiger partial charge on any atom is -0.359 e. The molecule has 0 saturated heterocycles. The van der Waals surface area contributed by atoms with Crippen molar-refractivity contribution < 1.29 is 8.42 Å². The lowest BCUT2D eigenvalue weighted by Gasteiger charge is -2.07. The Morgan fingerprint density at radius 3 is 2.86 bits per heavy atom. The van der Waals surface area contributed by atoms with Gasteiger partial charge in [0.05, 0.1) is 4.90 Å². The Kier molecular flexibility index (Phi) is 4.62. The molecule has 1 aliphatic carbocycles. The molecule has 0 bridgehead atoms. The van der Waals surface area contributed by atoms with Gasteiger partial charge in [0.1, 0.15) is 5.82 Å². The number of hydrogen-bond donors (Lipinski definition) is 2. The smallest absolute Gasteiger partial charge is 0.240 e. The van der Waals surface area contributed by atoms with E-state index in [-0.39, 0.29) is 11.4 Å². The summed E-state index contributed by atoms with van der Waals surface area (Å²) in [6, 6.07) is 6.17. The summed E-state index contributed by atoms with van der Waals surface area (Å²) in [5.41, 5.74) is 0. The normalized spacial score (nSPS) is 15.0. The summed E-state index contributed by atoms with van der Waals surface area (Å²) < 4.78 is 30.9. The average Bonchev–Trinajstić information content (AvgIpc) is 3.23. The van der Waals surface area contributed by atoms with Crippen LogP contribution in [0.2, 0.25) is 5.02 Å². The van der Waals surface area contributed by atoms with Crippen LogP contribution in [0.15, 0.2) is 29.2 Å². The number of rotatable bonds is 7. The number of aromatic nitrogens is 2. The van der Waals surface area contributed by atoms with Gasteiger partial charge in [-0.2, -0.15) is 4.37 Å². The second kappa shape index (κ2) is 6.49. The molecule has 1 aromatic heterocycles. The molecule has 0 spiro atoms. The van der Waals surface area contributed by atoms with E-state index in [2.05, 4.69) is 19.4 Å². The summed E-state index contributed by atoms with van der Waals surface area (Å²) in [6.45, 7) is 0.701. The zero-order valence-electron chi connectivity index (χ0n) is 11.6. The Bertz CT molecular complexity index is 759. The van der Waals surface area contributed by atoms with Crippen LogP contribution >= 0.6 is 23.1 Å². The van der Waals surface area contributed by atoms with Crippen LogP contribution in [0.4, 0.5) is 5.13 Å². The third-order valence-corrected chi connectivity index (χ3v) is 5.56. The standard InChI is InChI=1S/C13H15ClN4O2S2/c14-10-2-1-3-11(8-10)22(19,20)16-7-6-15-13-17-12(18-21-13)9-4-5-9/h1-3,8-9,16H,4-7H2,(H,15,17,18). The predicted molar refractivity (Wildman–Crippen MR) is 87.0 cm³/mol. The number of sulfonamides is 1. The van der Waals surface area contributed by atoms with E-state index in [9.17, 15) is 8.42 Å². The molecule has 0 aliphatic heterocycles. The highest BCUT2D eigenvalue weighted by atomic mass is 35.5. The van der Waals surface area contributed by atoms with E-state index >= 15 is 0 Å². The van der Waals surface area contributed by atoms with Crippen molar-refractivity contribution in [2.45, 2.75) is 23.7 Å². The maximum absolute atomic E-state index is 12.1. The third-order valence-electron chi connectivity index (χ3n) is 3.18. The van der Waals surface area contributed by atoms with Gasteiger partial charge in [0.15, 0.2) is 0 Å². The Labute approximate surface area is 138 Å². The quantitative estimate of drug-likeness (QED) is 0.743. The molecule has 0 amide bonds. The van der Waals surface area contributed by atoms with E-state index in [1.807, 2.05) is 0 Å². The van der Waals surface area contributed by atoms with E-state index in [4.69, 9.17) is 11.6 Å². The van der Waals surface area contributed by atoms with Crippen LogP contribution in [0.5, 0.6) is 0 Å². The molecule has 1 aliphatic rings. The van der Waals surface area contributed by atoms with Gasteiger partial charge in [-0.05, 0) is 31.0 Å². The van der Waals surface area contributed by atoms with Crippen LogP contribution in [0.1, 0.15) is 24.6 Å². The first-order valence-corrected chi connectivity index (χ1v) is 9.51.